The molecule has 0 radical (unpaired) electrons. The molecule has 0 aromatic rings. The molecule has 0 aromatic heterocycles. The highest BCUT2D eigenvalue weighted by atomic mass is 19.4. The van der Waals surface area contributed by atoms with Crippen molar-refractivity contribution in [2.24, 2.45) is 0 Å². The van der Waals surface area contributed by atoms with E-state index in [9.17, 15) is 22.0 Å². The van der Waals surface area contributed by atoms with Crippen LogP contribution < -0.4 is 0 Å². The minimum atomic E-state index is -5.43. The summed E-state index contributed by atoms with van der Waals surface area (Å²) >= 11 is 0. The zero-order valence-electron chi connectivity index (χ0n) is 15.8. The van der Waals surface area contributed by atoms with Gasteiger partial charge in [-0.2, -0.15) is 22.0 Å². The predicted molar refractivity (Wildman–Crippen MR) is 93.5 cm³/mol. The Kier molecular flexibility index (Phi) is 15.4. The topological polar surface area (TPSA) is 29.5 Å². The van der Waals surface area contributed by atoms with Gasteiger partial charge < -0.3 is 9.84 Å². The highest BCUT2D eigenvalue weighted by Gasteiger charge is 2.56. The smallest absolute Gasteiger partial charge is 0.396 e. The van der Waals surface area contributed by atoms with Gasteiger partial charge in [-0.25, -0.2) is 0 Å². The van der Waals surface area contributed by atoms with Crippen LogP contribution in [-0.2, 0) is 4.74 Å². The second-order valence-electron chi connectivity index (χ2n) is 6.88. The molecular weight excluding hydrogens is 355 g/mol. The fraction of sp³-hybridized carbons (Fsp3) is 1.00. The van der Waals surface area contributed by atoms with Crippen LogP contribution in [-0.4, -0.2) is 37.0 Å². The van der Waals surface area contributed by atoms with E-state index in [4.69, 9.17) is 9.84 Å². The number of hydrogen-bond acceptors (Lipinski definition) is 2. The molecule has 0 aliphatic rings. The molecule has 0 heterocycles. The number of unbranched alkanes of at least 4 members (excludes halogenated alkanes) is 11. The highest BCUT2D eigenvalue weighted by molar-refractivity contribution is 4.75. The number of hydrogen-bond donors (Lipinski definition) is 1. The van der Waals surface area contributed by atoms with Crippen LogP contribution in [0.4, 0.5) is 22.0 Å². The molecule has 0 bridgehead atoms. The first-order valence-corrected chi connectivity index (χ1v) is 9.94. The largest absolute Gasteiger partial charge is 0.453 e. The minimum Gasteiger partial charge on any atom is -0.396 e. The molecule has 26 heavy (non-hydrogen) atoms. The van der Waals surface area contributed by atoms with E-state index >= 15 is 0 Å². The summed E-state index contributed by atoms with van der Waals surface area (Å²) in [6, 6.07) is 0. The molecule has 7 heteroatoms. The Morgan fingerprint density at radius 3 is 1.35 bits per heavy atom. The van der Waals surface area contributed by atoms with Crippen LogP contribution in [0.15, 0.2) is 0 Å². The first-order chi connectivity index (χ1) is 12.3. The van der Waals surface area contributed by atoms with Gasteiger partial charge in [0.2, 0.25) is 0 Å². The van der Waals surface area contributed by atoms with Crippen molar-refractivity contribution < 1.29 is 31.8 Å². The SMILES string of the molecule is OCCCCCCCCCCCOCCCCCCC(F)(F)C(F)(F)F. The lowest BCUT2D eigenvalue weighted by Crippen LogP contribution is -2.36. The second kappa shape index (κ2) is 15.6. The lowest BCUT2D eigenvalue weighted by molar-refractivity contribution is -0.284. The quantitative estimate of drug-likeness (QED) is 0.210. The Morgan fingerprint density at radius 1 is 0.538 bits per heavy atom. The Hall–Kier alpha value is -0.430. The molecular formula is C19H35F5O2. The third-order valence-electron chi connectivity index (χ3n) is 4.39. The van der Waals surface area contributed by atoms with E-state index in [1.807, 2.05) is 0 Å². The lowest BCUT2D eigenvalue weighted by Gasteiger charge is -2.19. The van der Waals surface area contributed by atoms with Gasteiger partial charge in [0.1, 0.15) is 0 Å². The number of alkyl halides is 5. The van der Waals surface area contributed by atoms with E-state index in [0.717, 1.165) is 25.7 Å². The van der Waals surface area contributed by atoms with E-state index in [0.29, 0.717) is 32.5 Å². The number of rotatable bonds is 18. The Bertz CT molecular complexity index is 309. The number of ether oxygens (including phenoxy) is 1. The average molecular weight is 390 g/mol. The van der Waals surface area contributed by atoms with Crippen LogP contribution >= 0.6 is 0 Å². The van der Waals surface area contributed by atoms with Crippen LogP contribution in [0, 0.1) is 0 Å². The Morgan fingerprint density at radius 2 is 0.923 bits per heavy atom. The van der Waals surface area contributed by atoms with Gasteiger partial charge in [-0.1, -0.05) is 57.8 Å². The average Bonchev–Trinajstić information content (AvgIpc) is 2.56. The lowest BCUT2D eigenvalue weighted by atomic mass is 10.1. The van der Waals surface area contributed by atoms with Gasteiger partial charge in [0.05, 0.1) is 0 Å². The summed E-state index contributed by atoms with van der Waals surface area (Å²) in [7, 11) is 0. The molecule has 0 spiro atoms. The number of aliphatic hydroxyl groups is 1. The van der Waals surface area contributed by atoms with Crippen molar-refractivity contribution in [3.05, 3.63) is 0 Å². The van der Waals surface area contributed by atoms with Gasteiger partial charge in [0, 0.05) is 26.2 Å². The predicted octanol–water partition coefficient (Wildman–Crippen LogP) is 6.65. The molecule has 2 nitrogen and oxygen atoms in total. The molecule has 0 amide bonds. The molecule has 0 saturated carbocycles. The van der Waals surface area contributed by atoms with Gasteiger partial charge in [0.25, 0.3) is 0 Å². The van der Waals surface area contributed by atoms with Gasteiger partial charge >= 0.3 is 12.1 Å². The summed E-state index contributed by atoms with van der Waals surface area (Å²) in [4.78, 5) is 0. The standard InChI is InChI=1S/C19H35F5O2/c20-18(21,19(22,23)24)14-10-6-9-13-17-26-16-12-8-5-3-1-2-4-7-11-15-25/h25H,1-17H2. The number of aliphatic hydroxyl groups excluding tert-OH is 1. The Balaban J connectivity index is 3.21. The van der Waals surface area contributed by atoms with Crippen molar-refractivity contribution in [2.45, 2.75) is 102 Å². The van der Waals surface area contributed by atoms with Crippen molar-refractivity contribution in [1.29, 1.82) is 0 Å². The fourth-order valence-corrected chi connectivity index (χ4v) is 2.70. The third-order valence-corrected chi connectivity index (χ3v) is 4.39. The molecule has 0 unspecified atom stereocenters. The van der Waals surface area contributed by atoms with Gasteiger partial charge in [-0.15, -0.1) is 0 Å². The fourth-order valence-electron chi connectivity index (χ4n) is 2.70. The molecule has 0 aliphatic carbocycles. The summed E-state index contributed by atoms with van der Waals surface area (Å²) in [5, 5.41) is 8.66. The molecule has 0 aliphatic heterocycles. The van der Waals surface area contributed by atoms with E-state index in [2.05, 4.69) is 0 Å². The van der Waals surface area contributed by atoms with Crippen molar-refractivity contribution >= 4 is 0 Å². The maximum absolute atomic E-state index is 12.7. The normalized spacial score (nSPS) is 12.7. The summed E-state index contributed by atoms with van der Waals surface area (Å²) in [5.41, 5.74) is 0. The molecule has 0 fully saturated rings. The maximum Gasteiger partial charge on any atom is 0.453 e. The molecule has 0 saturated heterocycles. The van der Waals surface area contributed by atoms with E-state index in [1.165, 1.54) is 32.1 Å². The summed E-state index contributed by atoms with van der Waals surface area (Å²) in [6.45, 7) is 1.51. The second-order valence-corrected chi connectivity index (χ2v) is 6.88. The van der Waals surface area contributed by atoms with Crippen LogP contribution in [0.3, 0.4) is 0 Å². The van der Waals surface area contributed by atoms with Gasteiger partial charge in [-0.05, 0) is 25.7 Å². The van der Waals surface area contributed by atoms with Crippen LogP contribution in [0.1, 0.15) is 89.9 Å². The van der Waals surface area contributed by atoms with Gasteiger partial charge in [-0.3, -0.25) is 0 Å². The first-order valence-electron chi connectivity index (χ1n) is 9.94. The number of halogens is 5. The maximum atomic E-state index is 12.7. The summed E-state index contributed by atoms with van der Waals surface area (Å²) < 4.78 is 66.7. The molecule has 0 atom stereocenters. The molecule has 1 N–H and O–H groups in total. The van der Waals surface area contributed by atoms with Crippen molar-refractivity contribution in [3.63, 3.8) is 0 Å². The van der Waals surface area contributed by atoms with E-state index in [-0.39, 0.29) is 13.0 Å². The van der Waals surface area contributed by atoms with Crippen molar-refractivity contribution in [1.82, 2.24) is 0 Å². The highest BCUT2D eigenvalue weighted by Crippen LogP contribution is 2.39. The zero-order chi connectivity index (χ0) is 19.7. The van der Waals surface area contributed by atoms with E-state index in [1.54, 1.807) is 0 Å². The van der Waals surface area contributed by atoms with Crippen LogP contribution in [0.2, 0.25) is 0 Å². The first kappa shape index (κ1) is 25.6. The van der Waals surface area contributed by atoms with Crippen LogP contribution in [0.25, 0.3) is 0 Å². The van der Waals surface area contributed by atoms with Crippen molar-refractivity contribution in [2.75, 3.05) is 19.8 Å². The molecule has 0 aromatic carbocycles. The summed E-state index contributed by atoms with van der Waals surface area (Å²) in [6.07, 6.45) is 5.21. The summed E-state index contributed by atoms with van der Waals surface area (Å²) in [5.74, 6) is -4.57. The minimum absolute atomic E-state index is 0.119. The Labute approximate surface area is 154 Å². The van der Waals surface area contributed by atoms with Gasteiger partial charge in [0.15, 0.2) is 0 Å². The van der Waals surface area contributed by atoms with Crippen LogP contribution in [0.5, 0.6) is 0 Å². The molecule has 0 rings (SSSR count). The molecule has 158 valence electrons. The third kappa shape index (κ3) is 14.7. The van der Waals surface area contributed by atoms with E-state index < -0.39 is 18.5 Å². The zero-order valence-corrected chi connectivity index (χ0v) is 15.8. The monoisotopic (exact) mass is 390 g/mol. The van der Waals surface area contributed by atoms with Crippen molar-refractivity contribution in [3.8, 4) is 0 Å².